The van der Waals surface area contributed by atoms with Crippen LogP contribution in [0.5, 0.6) is 0 Å². The molecule has 1 aromatic carbocycles. The Kier molecular flexibility index (Phi) is 11.2. The number of likely N-dealkylation sites (N-methyl/N-ethyl adjacent to an activating group) is 1. The number of guanidine groups is 1. The molecule has 0 saturated heterocycles. The lowest BCUT2D eigenvalue weighted by Gasteiger charge is -2.22. The number of aryl methyl sites for hydroxylation is 1. The zero-order valence-corrected chi connectivity index (χ0v) is 18.3. The van der Waals surface area contributed by atoms with Crippen molar-refractivity contribution < 1.29 is 4.79 Å². The maximum absolute atomic E-state index is 12.5. The largest absolute Gasteiger partial charge is 0.356 e. The first-order chi connectivity index (χ1) is 12.7. The third-order valence-electron chi connectivity index (χ3n) is 4.00. The first-order valence-corrected chi connectivity index (χ1v) is 8.96. The molecule has 1 amide bonds. The van der Waals surface area contributed by atoms with Gasteiger partial charge < -0.3 is 15.5 Å². The average Bonchev–Trinajstić information content (AvgIpc) is 3.19. The van der Waals surface area contributed by atoms with Gasteiger partial charge in [0, 0.05) is 45.6 Å². The van der Waals surface area contributed by atoms with Crippen molar-refractivity contribution in [1.82, 2.24) is 25.3 Å². The van der Waals surface area contributed by atoms with Crippen LogP contribution in [0, 0.1) is 0 Å². The second-order valence-electron chi connectivity index (χ2n) is 5.87. The number of aromatic nitrogens is 2. The summed E-state index contributed by atoms with van der Waals surface area (Å²) in [7, 11) is 1.70. The number of aliphatic imine (C=N–C) groups is 1. The molecule has 27 heavy (non-hydrogen) atoms. The van der Waals surface area contributed by atoms with E-state index >= 15 is 0 Å². The van der Waals surface area contributed by atoms with E-state index in [1.165, 1.54) is 0 Å². The van der Waals surface area contributed by atoms with E-state index in [0.29, 0.717) is 19.0 Å². The molecule has 0 aliphatic rings. The maximum Gasteiger partial charge on any atom is 0.242 e. The fraction of sp³-hybridized carbons (Fsp3) is 0.421. The van der Waals surface area contributed by atoms with Gasteiger partial charge in [0.15, 0.2) is 5.96 Å². The van der Waals surface area contributed by atoms with Crippen LogP contribution in [-0.4, -0.2) is 53.2 Å². The van der Waals surface area contributed by atoms with Gasteiger partial charge in [-0.3, -0.25) is 14.5 Å². The quantitative estimate of drug-likeness (QED) is 0.248. The summed E-state index contributed by atoms with van der Waals surface area (Å²) < 4.78 is 1.89. The van der Waals surface area contributed by atoms with Crippen LogP contribution in [-0.2, 0) is 17.9 Å². The predicted molar refractivity (Wildman–Crippen MR) is 119 cm³/mol. The van der Waals surface area contributed by atoms with Crippen molar-refractivity contribution in [2.24, 2.45) is 4.99 Å². The highest BCUT2D eigenvalue weighted by Crippen LogP contribution is 2.04. The van der Waals surface area contributed by atoms with E-state index in [9.17, 15) is 4.79 Å². The summed E-state index contributed by atoms with van der Waals surface area (Å²) >= 11 is 0. The molecule has 2 aromatic rings. The van der Waals surface area contributed by atoms with Gasteiger partial charge in [0.2, 0.25) is 5.91 Å². The third-order valence-corrected chi connectivity index (χ3v) is 4.00. The summed E-state index contributed by atoms with van der Waals surface area (Å²) in [5.74, 6) is 0.686. The molecule has 2 N–H and O–H groups in total. The van der Waals surface area contributed by atoms with Crippen LogP contribution in [0.3, 0.4) is 0 Å². The van der Waals surface area contributed by atoms with Gasteiger partial charge in [0.25, 0.3) is 0 Å². The van der Waals surface area contributed by atoms with Crippen LogP contribution in [0.25, 0.3) is 0 Å². The first-order valence-electron chi connectivity index (χ1n) is 8.96. The lowest BCUT2D eigenvalue weighted by molar-refractivity contribution is -0.130. The van der Waals surface area contributed by atoms with Crippen molar-refractivity contribution in [1.29, 1.82) is 0 Å². The smallest absolute Gasteiger partial charge is 0.242 e. The van der Waals surface area contributed by atoms with Crippen molar-refractivity contribution in [2.75, 3.05) is 26.7 Å². The Bertz CT molecular complexity index is 675. The monoisotopic (exact) mass is 484 g/mol. The normalized spacial score (nSPS) is 10.8. The Hall–Kier alpha value is -2.10. The molecular formula is C19H29IN6O. The molecule has 0 aliphatic heterocycles. The molecule has 2 rings (SSSR count). The molecule has 1 heterocycles. The summed E-state index contributed by atoms with van der Waals surface area (Å²) in [6, 6.07) is 11.9. The minimum atomic E-state index is 0. The molecular weight excluding hydrogens is 455 g/mol. The molecule has 1 aromatic heterocycles. The molecule has 0 fully saturated rings. The Balaban J connectivity index is 0.00000364. The van der Waals surface area contributed by atoms with Crippen molar-refractivity contribution in [3.05, 3.63) is 54.4 Å². The van der Waals surface area contributed by atoms with Crippen molar-refractivity contribution in [3.8, 4) is 0 Å². The molecule has 0 spiro atoms. The Morgan fingerprint density at radius 2 is 2.00 bits per heavy atom. The van der Waals surface area contributed by atoms with Gasteiger partial charge in [-0.2, -0.15) is 5.10 Å². The van der Waals surface area contributed by atoms with Gasteiger partial charge in [0.05, 0.1) is 6.54 Å². The molecule has 0 aliphatic carbocycles. The highest BCUT2D eigenvalue weighted by atomic mass is 127. The second-order valence-corrected chi connectivity index (χ2v) is 5.87. The minimum absolute atomic E-state index is 0. The van der Waals surface area contributed by atoms with Crippen molar-refractivity contribution in [3.63, 3.8) is 0 Å². The van der Waals surface area contributed by atoms with Gasteiger partial charge in [0.1, 0.15) is 0 Å². The zero-order valence-electron chi connectivity index (χ0n) is 16.0. The van der Waals surface area contributed by atoms with Gasteiger partial charge in [-0.05, 0) is 25.0 Å². The summed E-state index contributed by atoms with van der Waals surface area (Å²) in [5, 5.41) is 10.5. The summed E-state index contributed by atoms with van der Waals surface area (Å²) in [4.78, 5) is 18.4. The standard InChI is InChI=1S/C19H28N6O.HI/c1-3-24(16-17-9-5-4-6-10-17)18(26)15-22-19(20-2)21-11-7-13-25-14-8-12-23-25;/h4-6,8-10,12,14H,3,7,11,13,15-16H2,1-2H3,(H2,20,21,22);1H. The Morgan fingerprint density at radius 3 is 2.63 bits per heavy atom. The Labute approximate surface area is 178 Å². The molecule has 7 nitrogen and oxygen atoms in total. The lowest BCUT2D eigenvalue weighted by atomic mass is 10.2. The third kappa shape index (κ3) is 8.42. The summed E-state index contributed by atoms with van der Waals surface area (Å²) in [6.45, 7) is 5.10. The number of rotatable bonds is 9. The van der Waals surface area contributed by atoms with E-state index in [-0.39, 0.29) is 36.4 Å². The highest BCUT2D eigenvalue weighted by molar-refractivity contribution is 14.0. The molecule has 0 bridgehead atoms. The second kappa shape index (κ2) is 13.1. The van der Waals surface area contributed by atoms with Crippen LogP contribution in [0.1, 0.15) is 18.9 Å². The van der Waals surface area contributed by atoms with Gasteiger partial charge in [-0.25, -0.2) is 0 Å². The number of benzene rings is 1. The number of hydrogen-bond donors (Lipinski definition) is 2. The fourth-order valence-corrected chi connectivity index (χ4v) is 2.55. The van der Waals surface area contributed by atoms with E-state index in [4.69, 9.17) is 0 Å². The molecule has 0 unspecified atom stereocenters. The molecule has 8 heteroatoms. The van der Waals surface area contributed by atoms with Crippen LogP contribution < -0.4 is 10.6 Å². The van der Waals surface area contributed by atoms with Gasteiger partial charge in [-0.1, -0.05) is 30.3 Å². The number of nitrogens with zero attached hydrogens (tertiary/aromatic N) is 4. The van der Waals surface area contributed by atoms with E-state index in [1.807, 2.05) is 59.1 Å². The molecule has 0 atom stereocenters. The van der Waals surface area contributed by atoms with Crippen LogP contribution in [0.2, 0.25) is 0 Å². The topological polar surface area (TPSA) is 74.6 Å². The molecule has 0 saturated carbocycles. The predicted octanol–water partition coefficient (Wildman–Crippen LogP) is 2.10. The first kappa shape index (κ1) is 22.9. The van der Waals surface area contributed by atoms with E-state index in [2.05, 4.69) is 20.7 Å². The number of hydrogen-bond acceptors (Lipinski definition) is 3. The van der Waals surface area contributed by atoms with E-state index in [1.54, 1.807) is 13.2 Å². The van der Waals surface area contributed by atoms with E-state index < -0.39 is 0 Å². The number of nitrogens with one attached hydrogen (secondary N) is 2. The van der Waals surface area contributed by atoms with Crippen LogP contribution >= 0.6 is 24.0 Å². The highest BCUT2D eigenvalue weighted by Gasteiger charge is 2.12. The summed E-state index contributed by atoms with van der Waals surface area (Å²) in [6.07, 6.45) is 4.64. The maximum atomic E-state index is 12.5. The SMILES string of the molecule is CCN(Cc1ccccc1)C(=O)CNC(=NC)NCCCn1cccn1.I. The zero-order chi connectivity index (χ0) is 18.6. The number of carbonyl (C=O) groups is 1. The van der Waals surface area contributed by atoms with Gasteiger partial charge >= 0.3 is 0 Å². The summed E-state index contributed by atoms with van der Waals surface area (Å²) in [5.41, 5.74) is 1.13. The molecule has 0 radical (unpaired) electrons. The van der Waals surface area contributed by atoms with Gasteiger partial charge in [-0.15, -0.1) is 24.0 Å². The van der Waals surface area contributed by atoms with Crippen LogP contribution in [0.4, 0.5) is 0 Å². The Morgan fingerprint density at radius 1 is 1.22 bits per heavy atom. The fourth-order valence-electron chi connectivity index (χ4n) is 2.55. The van der Waals surface area contributed by atoms with Crippen LogP contribution in [0.15, 0.2) is 53.8 Å². The number of amides is 1. The van der Waals surface area contributed by atoms with Crippen molar-refractivity contribution >= 4 is 35.8 Å². The van der Waals surface area contributed by atoms with E-state index in [0.717, 1.165) is 25.1 Å². The minimum Gasteiger partial charge on any atom is -0.356 e. The number of halogens is 1. The lowest BCUT2D eigenvalue weighted by Crippen LogP contribution is -2.44. The molecule has 148 valence electrons. The number of carbonyl (C=O) groups excluding carboxylic acids is 1. The average molecular weight is 484 g/mol. The van der Waals surface area contributed by atoms with Crippen molar-refractivity contribution in [2.45, 2.75) is 26.4 Å².